The lowest BCUT2D eigenvalue weighted by molar-refractivity contribution is 0.164. The van der Waals surface area contributed by atoms with Gasteiger partial charge in [-0.1, -0.05) is 21.1 Å². The molecule has 20 heavy (non-hydrogen) atoms. The number of benzene rings is 1. The molecule has 0 radical (unpaired) electrons. The monoisotopic (exact) mass is 280 g/mol. The van der Waals surface area contributed by atoms with Gasteiger partial charge in [0.2, 0.25) is 5.75 Å². The van der Waals surface area contributed by atoms with Crippen molar-refractivity contribution in [1.82, 2.24) is 20.2 Å². The normalized spacial score (nSPS) is 9.95. The Morgan fingerprint density at radius 3 is 2.35 bits per heavy atom. The SMILES string of the molecule is COC(=O)n1nnc(Oc2c(OC)cccc2OC)n1. The zero-order chi connectivity index (χ0) is 14.5. The van der Waals surface area contributed by atoms with E-state index in [1.807, 2.05) is 0 Å². The number of methoxy groups -OCH3 is 3. The molecule has 0 spiro atoms. The van der Waals surface area contributed by atoms with Crippen LogP contribution in [-0.2, 0) is 4.74 Å². The van der Waals surface area contributed by atoms with Gasteiger partial charge >= 0.3 is 12.1 Å². The van der Waals surface area contributed by atoms with Gasteiger partial charge in [0.15, 0.2) is 11.5 Å². The van der Waals surface area contributed by atoms with Crippen molar-refractivity contribution in [3.63, 3.8) is 0 Å². The first-order valence-corrected chi connectivity index (χ1v) is 5.46. The third-order valence-electron chi connectivity index (χ3n) is 2.31. The average Bonchev–Trinajstić information content (AvgIpc) is 2.95. The molecule has 1 aromatic carbocycles. The summed E-state index contributed by atoms with van der Waals surface area (Å²) in [7, 11) is 4.18. The van der Waals surface area contributed by atoms with Gasteiger partial charge in [0.25, 0.3) is 0 Å². The van der Waals surface area contributed by atoms with E-state index in [-0.39, 0.29) is 11.8 Å². The number of para-hydroxylation sites is 1. The average molecular weight is 280 g/mol. The lowest BCUT2D eigenvalue weighted by atomic mass is 10.3. The second kappa shape index (κ2) is 5.87. The van der Waals surface area contributed by atoms with E-state index >= 15 is 0 Å². The number of ether oxygens (including phenoxy) is 4. The van der Waals surface area contributed by atoms with Crippen LogP contribution in [0, 0.1) is 0 Å². The van der Waals surface area contributed by atoms with E-state index in [1.54, 1.807) is 18.2 Å². The predicted octanol–water partition coefficient (Wildman–Crippen LogP) is 1.10. The summed E-state index contributed by atoms with van der Waals surface area (Å²) >= 11 is 0. The molecule has 0 saturated carbocycles. The highest BCUT2D eigenvalue weighted by Gasteiger charge is 2.17. The van der Waals surface area contributed by atoms with Crippen LogP contribution >= 0.6 is 0 Å². The van der Waals surface area contributed by atoms with E-state index in [1.165, 1.54) is 21.3 Å². The molecule has 0 bridgehead atoms. The summed E-state index contributed by atoms with van der Waals surface area (Å²) in [6.45, 7) is 0. The molecule has 1 aromatic heterocycles. The molecule has 0 atom stereocenters. The Kier molecular flexibility index (Phi) is 3.99. The summed E-state index contributed by atoms with van der Waals surface area (Å²) in [5.41, 5.74) is 0. The molecule has 0 unspecified atom stereocenters. The lowest BCUT2D eigenvalue weighted by Gasteiger charge is -2.10. The topological polar surface area (TPSA) is 97.6 Å². The molecular formula is C11H12N4O5. The van der Waals surface area contributed by atoms with Crippen molar-refractivity contribution in [1.29, 1.82) is 0 Å². The van der Waals surface area contributed by atoms with Crippen LogP contribution in [-0.4, -0.2) is 47.6 Å². The van der Waals surface area contributed by atoms with Crippen LogP contribution in [0.4, 0.5) is 4.79 Å². The zero-order valence-electron chi connectivity index (χ0n) is 11.1. The minimum Gasteiger partial charge on any atom is -0.493 e. The second-order valence-corrected chi connectivity index (χ2v) is 3.43. The van der Waals surface area contributed by atoms with Gasteiger partial charge in [-0.3, -0.25) is 0 Å². The number of rotatable bonds is 4. The first kappa shape index (κ1) is 13.6. The van der Waals surface area contributed by atoms with Gasteiger partial charge in [-0.15, -0.1) is 0 Å². The molecule has 0 aliphatic heterocycles. The summed E-state index contributed by atoms with van der Waals surface area (Å²) in [6, 6.07) is 4.97. The Labute approximate surface area is 114 Å². The largest absolute Gasteiger partial charge is 0.493 e. The van der Waals surface area contributed by atoms with Crippen LogP contribution in [0.2, 0.25) is 0 Å². The Hall–Kier alpha value is -2.84. The fraction of sp³-hybridized carbons (Fsp3) is 0.273. The summed E-state index contributed by atoms with van der Waals surface area (Å²) in [5.74, 6) is 1.14. The first-order chi connectivity index (χ1) is 9.69. The highest BCUT2D eigenvalue weighted by molar-refractivity contribution is 5.67. The number of hydrogen-bond donors (Lipinski definition) is 0. The highest BCUT2D eigenvalue weighted by atomic mass is 16.6. The van der Waals surface area contributed by atoms with Crippen LogP contribution in [0.1, 0.15) is 0 Å². The van der Waals surface area contributed by atoms with Crippen molar-refractivity contribution < 1.29 is 23.7 Å². The third kappa shape index (κ3) is 2.60. The van der Waals surface area contributed by atoms with Gasteiger partial charge in [-0.25, -0.2) is 4.79 Å². The van der Waals surface area contributed by atoms with E-state index < -0.39 is 6.09 Å². The Bertz CT molecular complexity index is 590. The summed E-state index contributed by atoms with van der Waals surface area (Å²) in [6.07, 6.45) is -0.778. The van der Waals surface area contributed by atoms with Gasteiger partial charge in [0.1, 0.15) is 0 Å². The molecule has 0 aliphatic rings. The molecule has 0 aliphatic carbocycles. The molecule has 106 valence electrons. The van der Waals surface area contributed by atoms with Crippen molar-refractivity contribution in [2.24, 2.45) is 0 Å². The van der Waals surface area contributed by atoms with Crippen molar-refractivity contribution in [2.75, 3.05) is 21.3 Å². The predicted molar refractivity (Wildman–Crippen MR) is 65.2 cm³/mol. The minimum atomic E-state index is -0.778. The van der Waals surface area contributed by atoms with Gasteiger partial charge in [-0.2, -0.15) is 0 Å². The Morgan fingerprint density at radius 2 is 1.80 bits per heavy atom. The molecule has 0 N–H and O–H groups in total. The molecule has 9 heteroatoms. The fourth-order valence-electron chi connectivity index (χ4n) is 1.41. The maximum Gasteiger partial charge on any atom is 0.453 e. The van der Waals surface area contributed by atoms with Crippen LogP contribution < -0.4 is 14.2 Å². The van der Waals surface area contributed by atoms with Gasteiger partial charge in [0, 0.05) is 0 Å². The van der Waals surface area contributed by atoms with Gasteiger partial charge in [-0.05, 0) is 17.3 Å². The number of nitrogens with zero attached hydrogens (tertiary/aromatic N) is 4. The van der Waals surface area contributed by atoms with E-state index in [4.69, 9.17) is 14.2 Å². The Morgan fingerprint density at radius 1 is 1.15 bits per heavy atom. The van der Waals surface area contributed by atoms with Crippen LogP contribution in [0.3, 0.4) is 0 Å². The fourth-order valence-corrected chi connectivity index (χ4v) is 1.41. The quantitative estimate of drug-likeness (QED) is 0.821. The number of carbonyl (C=O) groups is 1. The second-order valence-electron chi connectivity index (χ2n) is 3.43. The zero-order valence-corrected chi connectivity index (χ0v) is 11.1. The van der Waals surface area contributed by atoms with E-state index in [0.29, 0.717) is 16.3 Å². The molecular weight excluding hydrogens is 268 g/mol. The van der Waals surface area contributed by atoms with Crippen LogP contribution in [0.25, 0.3) is 0 Å². The lowest BCUT2D eigenvalue weighted by Crippen LogP contribution is -2.14. The maximum absolute atomic E-state index is 11.2. The molecule has 0 fully saturated rings. The number of hydrogen-bond acceptors (Lipinski definition) is 8. The summed E-state index contributed by atoms with van der Waals surface area (Å²) < 4.78 is 20.2. The highest BCUT2D eigenvalue weighted by Crippen LogP contribution is 2.38. The molecule has 9 nitrogen and oxygen atoms in total. The van der Waals surface area contributed by atoms with Crippen molar-refractivity contribution in [3.8, 4) is 23.3 Å². The van der Waals surface area contributed by atoms with Crippen molar-refractivity contribution in [3.05, 3.63) is 18.2 Å². The Balaban J connectivity index is 2.29. The van der Waals surface area contributed by atoms with Crippen molar-refractivity contribution in [2.45, 2.75) is 0 Å². The minimum absolute atomic E-state index is 0.141. The van der Waals surface area contributed by atoms with Crippen molar-refractivity contribution >= 4 is 6.09 Å². The maximum atomic E-state index is 11.2. The number of carbonyl (C=O) groups excluding carboxylic acids is 1. The summed E-state index contributed by atoms with van der Waals surface area (Å²) in [4.78, 5) is 11.9. The molecule has 1 heterocycles. The molecule has 0 saturated heterocycles. The van der Waals surface area contributed by atoms with Crippen LogP contribution in [0.15, 0.2) is 18.2 Å². The standard InChI is InChI=1S/C11H12N4O5/c1-17-7-5-4-6-8(18-2)9(7)20-10-12-14-15(13-10)11(16)19-3/h4-6H,1-3H3. The van der Waals surface area contributed by atoms with E-state index in [0.717, 1.165) is 0 Å². The smallest absolute Gasteiger partial charge is 0.453 e. The van der Waals surface area contributed by atoms with Crippen LogP contribution in [0.5, 0.6) is 23.3 Å². The summed E-state index contributed by atoms with van der Waals surface area (Å²) in [5, 5.41) is 10.8. The van der Waals surface area contributed by atoms with Gasteiger partial charge in [0.05, 0.1) is 21.3 Å². The molecule has 0 amide bonds. The van der Waals surface area contributed by atoms with E-state index in [9.17, 15) is 4.79 Å². The van der Waals surface area contributed by atoms with Gasteiger partial charge < -0.3 is 18.9 Å². The third-order valence-corrected chi connectivity index (χ3v) is 2.31. The number of tetrazole rings is 1. The first-order valence-electron chi connectivity index (χ1n) is 5.46. The number of aromatic nitrogens is 4. The van der Waals surface area contributed by atoms with E-state index in [2.05, 4.69) is 20.1 Å². The molecule has 2 aromatic rings. The molecule has 2 rings (SSSR count).